The topological polar surface area (TPSA) is 12.9 Å². The first-order chi connectivity index (χ1) is 7.20. The molecule has 0 saturated heterocycles. The average molecular weight is 242 g/mol. The van der Waals surface area contributed by atoms with E-state index in [2.05, 4.69) is 4.98 Å². The van der Waals surface area contributed by atoms with E-state index in [1.807, 2.05) is 11.4 Å². The number of rotatable bonds is 2. The Labute approximate surface area is 96.5 Å². The van der Waals surface area contributed by atoms with Gasteiger partial charge in [-0.3, -0.25) is 0 Å². The molecular weight excluding hydrogens is 233 g/mol. The molecule has 0 atom stereocenters. The van der Waals surface area contributed by atoms with Gasteiger partial charge in [-0.25, -0.2) is 9.37 Å². The molecule has 0 N–H and O–H groups in total. The summed E-state index contributed by atoms with van der Waals surface area (Å²) in [5, 5.41) is 2.74. The fourth-order valence-corrected chi connectivity index (χ4v) is 2.16. The first-order valence-corrected chi connectivity index (χ1v) is 5.89. The fraction of sp³-hybridized carbons (Fsp3) is 0.182. The van der Waals surface area contributed by atoms with E-state index in [9.17, 15) is 4.39 Å². The Balaban J connectivity index is 2.40. The van der Waals surface area contributed by atoms with Gasteiger partial charge < -0.3 is 0 Å². The second-order valence-corrected chi connectivity index (χ2v) is 4.43. The third kappa shape index (κ3) is 2.19. The highest BCUT2D eigenvalue weighted by molar-refractivity contribution is 7.10. The lowest BCUT2D eigenvalue weighted by Crippen LogP contribution is -1.85. The minimum Gasteiger partial charge on any atom is -0.240 e. The van der Waals surface area contributed by atoms with Gasteiger partial charge in [0.25, 0.3) is 0 Å². The molecule has 0 amide bonds. The summed E-state index contributed by atoms with van der Waals surface area (Å²) >= 11 is 7.15. The molecule has 2 rings (SSSR count). The van der Waals surface area contributed by atoms with Crippen molar-refractivity contribution < 1.29 is 4.39 Å². The molecule has 0 aliphatic carbocycles. The largest absolute Gasteiger partial charge is 0.240 e. The van der Waals surface area contributed by atoms with E-state index < -0.39 is 0 Å². The number of aromatic nitrogens is 1. The molecule has 1 aromatic carbocycles. The van der Waals surface area contributed by atoms with Gasteiger partial charge in [0.05, 0.1) is 11.6 Å². The molecule has 2 aromatic rings. The zero-order chi connectivity index (χ0) is 10.8. The molecule has 1 heterocycles. The van der Waals surface area contributed by atoms with Crippen molar-refractivity contribution in [1.29, 1.82) is 0 Å². The summed E-state index contributed by atoms with van der Waals surface area (Å²) in [4.78, 5) is 4.29. The molecular formula is C11H9ClFNS. The van der Waals surface area contributed by atoms with E-state index in [0.717, 1.165) is 16.3 Å². The zero-order valence-corrected chi connectivity index (χ0v) is 9.70. The van der Waals surface area contributed by atoms with Crippen LogP contribution in [0.4, 0.5) is 4.39 Å². The molecule has 1 nitrogen and oxygen atoms in total. The van der Waals surface area contributed by atoms with Crippen LogP contribution in [0, 0.1) is 12.7 Å². The standard InChI is InChI=1S/C11H9ClFNS/c1-7-2-3-8(4-9(7)13)10-6-15-11(5-12)14-10/h2-4,6H,5H2,1H3. The number of benzene rings is 1. The van der Waals surface area contributed by atoms with Crippen molar-refractivity contribution in [2.45, 2.75) is 12.8 Å². The SMILES string of the molecule is Cc1ccc(-c2csc(CCl)n2)cc1F. The van der Waals surface area contributed by atoms with Crippen LogP contribution in [0.2, 0.25) is 0 Å². The van der Waals surface area contributed by atoms with Crippen LogP contribution < -0.4 is 0 Å². The summed E-state index contributed by atoms with van der Waals surface area (Å²) in [6.07, 6.45) is 0. The minimum atomic E-state index is -0.201. The van der Waals surface area contributed by atoms with Crippen LogP contribution in [0.1, 0.15) is 10.6 Å². The van der Waals surface area contributed by atoms with Gasteiger partial charge in [0.1, 0.15) is 10.8 Å². The number of aryl methyl sites for hydroxylation is 1. The Bertz CT molecular complexity index is 481. The Morgan fingerprint density at radius 1 is 1.47 bits per heavy atom. The molecule has 0 radical (unpaired) electrons. The van der Waals surface area contributed by atoms with Gasteiger partial charge in [0.2, 0.25) is 0 Å². The van der Waals surface area contributed by atoms with Gasteiger partial charge >= 0.3 is 0 Å². The van der Waals surface area contributed by atoms with Crippen LogP contribution in [0.3, 0.4) is 0 Å². The molecule has 0 saturated carbocycles. The third-order valence-corrected chi connectivity index (χ3v) is 3.39. The molecule has 0 bridgehead atoms. The first kappa shape index (κ1) is 10.6. The Morgan fingerprint density at radius 2 is 2.27 bits per heavy atom. The van der Waals surface area contributed by atoms with Crippen LogP contribution in [0.15, 0.2) is 23.6 Å². The van der Waals surface area contributed by atoms with E-state index >= 15 is 0 Å². The van der Waals surface area contributed by atoms with Gasteiger partial charge in [0.15, 0.2) is 0 Å². The van der Waals surface area contributed by atoms with Crippen molar-refractivity contribution in [3.63, 3.8) is 0 Å². The molecule has 0 aliphatic heterocycles. The Kier molecular flexibility index (Phi) is 3.03. The molecule has 0 fully saturated rings. The Morgan fingerprint density at radius 3 is 2.87 bits per heavy atom. The molecule has 0 aliphatic rings. The average Bonchev–Trinajstić information content (AvgIpc) is 2.70. The van der Waals surface area contributed by atoms with Crippen molar-refractivity contribution in [1.82, 2.24) is 4.98 Å². The summed E-state index contributed by atoms with van der Waals surface area (Å²) in [6, 6.07) is 5.12. The molecule has 4 heteroatoms. The van der Waals surface area contributed by atoms with Crippen LogP contribution in [-0.2, 0) is 5.88 Å². The number of halogens is 2. The predicted molar refractivity (Wildman–Crippen MR) is 61.8 cm³/mol. The van der Waals surface area contributed by atoms with Crippen molar-refractivity contribution in [2.75, 3.05) is 0 Å². The summed E-state index contributed by atoms with van der Waals surface area (Å²) in [6.45, 7) is 1.74. The van der Waals surface area contributed by atoms with Gasteiger partial charge in [-0.2, -0.15) is 0 Å². The van der Waals surface area contributed by atoms with Crippen LogP contribution >= 0.6 is 22.9 Å². The maximum absolute atomic E-state index is 13.3. The molecule has 0 unspecified atom stereocenters. The van der Waals surface area contributed by atoms with Gasteiger partial charge in [-0.1, -0.05) is 12.1 Å². The highest BCUT2D eigenvalue weighted by atomic mass is 35.5. The smallest absolute Gasteiger partial charge is 0.126 e. The molecule has 78 valence electrons. The van der Waals surface area contributed by atoms with Crippen LogP contribution in [0.25, 0.3) is 11.3 Å². The fourth-order valence-electron chi connectivity index (χ4n) is 1.26. The highest BCUT2D eigenvalue weighted by Gasteiger charge is 2.05. The van der Waals surface area contributed by atoms with E-state index in [1.54, 1.807) is 13.0 Å². The minimum absolute atomic E-state index is 0.201. The Hall–Kier alpha value is -0.930. The number of alkyl halides is 1. The van der Waals surface area contributed by atoms with Gasteiger partial charge in [-0.05, 0) is 18.6 Å². The van der Waals surface area contributed by atoms with Gasteiger partial charge in [0, 0.05) is 10.9 Å². The van der Waals surface area contributed by atoms with Crippen molar-refractivity contribution >= 4 is 22.9 Å². The van der Waals surface area contributed by atoms with Crippen LogP contribution in [0.5, 0.6) is 0 Å². The molecule has 15 heavy (non-hydrogen) atoms. The molecule has 0 spiro atoms. The lowest BCUT2D eigenvalue weighted by Gasteiger charge is -1.99. The van der Waals surface area contributed by atoms with Gasteiger partial charge in [-0.15, -0.1) is 22.9 Å². The molecule has 1 aromatic heterocycles. The first-order valence-electron chi connectivity index (χ1n) is 4.47. The third-order valence-electron chi connectivity index (χ3n) is 2.13. The van der Waals surface area contributed by atoms with E-state index in [0.29, 0.717) is 11.4 Å². The monoisotopic (exact) mass is 241 g/mol. The van der Waals surface area contributed by atoms with E-state index in [1.165, 1.54) is 17.4 Å². The number of thiazole rings is 1. The zero-order valence-electron chi connectivity index (χ0n) is 8.13. The van der Waals surface area contributed by atoms with Crippen molar-refractivity contribution in [2.24, 2.45) is 0 Å². The summed E-state index contributed by atoms with van der Waals surface area (Å²) in [7, 11) is 0. The second kappa shape index (κ2) is 4.29. The van der Waals surface area contributed by atoms with Crippen molar-refractivity contribution in [3.05, 3.63) is 40.0 Å². The highest BCUT2D eigenvalue weighted by Crippen LogP contribution is 2.24. The van der Waals surface area contributed by atoms with E-state index in [4.69, 9.17) is 11.6 Å². The van der Waals surface area contributed by atoms with Crippen molar-refractivity contribution in [3.8, 4) is 11.3 Å². The summed E-state index contributed by atoms with van der Waals surface area (Å²) in [5.74, 6) is 0.201. The number of hydrogen-bond donors (Lipinski definition) is 0. The number of hydrogen-bond acceptors (Lipinski definition) is 2. The summed E-state index contributed by atoms with van der Waals surface area (Å²) < 4.78 is 13.3. The maximum atomic E-state index is 13.3. The quantitative estimate of drug-likeness (QED) is 0.725. The second-order valence-electron chi connectivity index (χ2n) is 3.22. The predicted octanol–water partition coefficient (Wildman–Crippen LogP) is 4.00. The lowest BCUT2D eigenvalue weighted by molar-refractivity contribution is 0.619. The maximum Gasteiger partial charge on any atom is 0.126 e. The lowest BCUT2D eigenvalue weighted by atomic mass is 10.1. The summed E-state index contributed by atoms with van der Waals surface area (Å²) in [5.41, 5.74) is 2.23. The number of nitrogens with zero attached hydrogens (tertiary/aromatic N) is 1. The van der Waals surface area contributed by atoms with E-state index in [-0.39, 0.29) is 5.82 Å². The van der Waals surface area contributed by atoms with Crippen LogP contribution in [-0.4, -0.2) is 4.98 Å². The normalized spacial score (nSPS) is 10.6.